The third kappa shape index (κ3) is 5.70. The number of carbonyl (C=O) groups excluding carboxylic acids is 2. The molecule has 1 saturated heterocycles. The van der Waals surface area contributed by atoms with Crippen LogP contribution in [-0.2, 0) is 11.4 Å². The van der Waals surface area contributed by atoms with Gasteiger partial charge in [-0.1, -0.05) is 18.2 Å². The van der Waals surface area contributed by atoms with E-state index >= 15 is 0 Å². The maximum atomic E-state index is 12.9. The van der Waals surface area contributed by atoms with Crippen molar-refractivity contribution in [2.45, 2.75) is 32.4 Å². The summed E-state index contributed by atoms with van der Waals surface area (Å²) in [7, 11) is 1.99. The third-order valence-corrected chi connectivity index (χ3v) is 6.29. The van der Waals surface area contributed by atoms with Crippen LogP contribution in [0.4, 0.5) is 0 Å². The predicted molar refractivity (Wildman–Crippen MR) is 129 cm³/mol. The number of para-hydroxylation sites is 1. The largest absolute Gasteiger partial charge is 0.489 e. The van der Waals surface area contributed by atoms with Gasteiger partial charge in [0.2, 0.25) is 5.91 Å². The van der Waals surface area contributed by atoms with Crippen LogP contribution in [0.5, 0.6) is 5.75 Å². The minimum Gasteiger partial charge on any atom is -0.489 e. The molecule has 1 aliphatic heterocycles. The van der Waals surface area contributed by atoms with Crippen molar-refractivity contribution in [3.63, 3.8) is 0 Å². The number of hydrogen-bond acceptors (Lipinski definition) is 6. The van der Waals surface area contributed by atoms with E-state index < -0.39 is 5.91 Å². The van der Waals surface area contributed by atoms with Crippen molar-refractivity contribution in [3.05, 3.63) is 71.4 Å². The molecule has 1 fully saturated rings. The first kappa shape index (κ1) is 23.7. The zero-order chi connectivity index (χ0) is 24.1. The summed E-state index contributed by atoms with van der Waals surface area (Å²) in [5, 5.41) is 13.0. The molecule has 0 bridgehead atoms. The average molecular weight is 463 g/mol. The molecule has 2 amide bonds. The first-order valence-electron chi connectivity index (χ1n) is 11.4. The minimum absolute atomic E-state index is 0.0338. The van der Waals surface area contributed by atoms with Gasteiger partial charge in [0.15, 0.2) is 0 Å². The van der Waals surface area contributed by atoms with E-state index in [1.165, 1.54) is 0 Å². The van der Waals surface area contributed by atoms with E-state index in [-0.39, 0.29) is 24.3 Å². The fourth-order valence-corrected chi connectivity index (χ4v) is 4.48. The second-order valence-electron chi connectivity index (χ2n) is 8.88. The maximum absolute atomic E-state index is 12.9. The lowest BCUT2D eigenvalue weighted by molar-refractivity contribution is -0.130. The molecule has 3 aromatic rings. The van der Waals surface area contributed by atoms with Crippen molar-refractivity contribution >= 4 is 22.7 Å². The van der Waals surface area contributed by atoms with Gasteiger partial charge in [0.25, 0.3) is 5.91 Å². The Morgan fingerprint density at radius 1 is 1.18 bits per heavy atom. The number of benzene rings is 2. The van der Waals surface area contributed by atoms with Crippen molar-refractivity contribution < 1.29 is 19.5 Å². The van der Waals surface area contributed by atoms with E-state index in [2.05, 4.69) is 15.2 Å². The van der Waals surface area contributed by atoms with Gasteiger partial charge in [-0.15, -0.1) is 0 Å². The normalized spacial score (nSPS) is 18.4. The SMILES string of the molecule is Cc1cc(COc2ccc(C(=O)N[C@H]3CN(C)CC[C@H]3CC(=O)NO)cc2)c2ccccc2n1. The number of carbonyl (C=O) groups is 2. The Hall–Kier alpha value is -3.49. The fourth-order valence-electron chi connectivity index (χ4n) is 4.48. The predicted octanol–water partition coefficient (Wildman–Crippen LogP) is 3.07. The van der Waals surface area contributed by atoms with Crippen LogP contribution in [0.25, 0.3) is 10.9 Å². The van der Waals surface area contributed by atoms with Crippen molar-refractivity contribution in [2.24, 2.45) is 5.92 Å². The fraction of sp³-hybridized carbons (Fsp3) is 0.346. The minimum atomic E-state index is -0.438. The number of fused-ring (bicyclic) bond motifs is 1. The van der Waals surface area contributed by atoms with E-state index in [0.717, 1.165) is 35.1 Å². The molecule has 2 atom stereocenters. The molecule has 4 rings (SSSR count). The van der Waals surface area contributed by atoms with E-state index in [4.69, 9.17) is 9.94 Å². The van der Waals surface area contributed by atoms with E-state index in [1.807, 2.05) is 44.3 Å². The van der Waals surface area contributed by atoms with Gasteiger partial charge in [0, 0.05) is 41.2 Å². The number of likely N-dealkylation sites (N-methyl/N-ethyl adjacent to an activating group) is 1. The molecule has 2 aromatic carbocycles. The molecule has 8 nitrogen and oxygen atoms in total. The molecule has 3 N–H and O–H groups in total. The number of ether oxygens (including phenoxy) is 1. The third-order valence-electron chi connectivity index (χ3n) is 6.29. The van der Waals surface area contributed by atoms with Crippen molar-refractivity contribution in [1.29, 1.82) is 0 Å². The molecule has 0 aliphatic carbocycles. The zero-order valence-electron chi connectivity index (χ0n) is 19.5. The van der Waals surface area contributed by atoms with Crippen LogP contribution in [0.3, 0.4) is 0 Å². The number of likely N-dealkylation sites (tertiary alicyclic amines) is 1. The average Bonchev–Trinajstić information content (AvgIpc) is 2.84. The van der Waals surface area contributed by atoms with E-state index in [9.17, 15) is 9.59 Å². The van der Waals surface area contributed by atoms with Gasteiger partial charge >= 0.3 is 0 Å². The summed E-state index contributed by atoms with van der Waals surface area (Å²) >= 11 is 0. The molecule has 1 aliphatic rings. The van der Waals surface area contributed by atoms with Crippen molar-refractivity contribution in [1.82, 2.24) is 20.7 Å². The standard InChI is InChI=1S/C26H30N4O4/c1-17-13-20(22-5-3-4-6-23(22)27-17)16-34-21-9-7-18(8-10-21)26(32)28-24-15-30(2)12-11-19(24)14-25(31)29-33/h3-10,13,19,24,33H,11-12,14-16H2,1-2H3,(H,28,32)(H,29,31)/t19-,24-/m0/s1. The number of piperidine rings is 1. The topological polar surface area (TPSA) is 104 Å². The Labute approximate surface area is 198 Å². The summed E-state index contributed by atoms with van der Waals surface area (Å²) < 4.78 is 5.99. The van der Waals surface area contributed by atoms with Crippen LogP contribution in [0.2, 0.25) is 0 Å². The van der Waals surface area contributed by atoms with Crippen LogP contribution in [0.15, 0.2) is 54.6 Å². The molecular weight excluding hydrogens is 432 g/mol. The quantitative estimate of drug-likeness (QED) is 0.368. The molecule has 0 saturated carbocycles. The van der Waals surface area contributed by atoms with Gasteiger partial charge in [-0.25, -0.2) is 5.48 Å². The van der Waals surface area contributed by atoms with Crippen LogP contribution < -0.4 is 15.5 Å². The highest BCUT2D eigenvalue weighted by Gasteiger charge is 2.30. The first-order chi connectivity index (χ1) is 16.4. The summed E-state index contributed by atoms with van der Waals surface area (Å²) in [6, 6.07) is 16.9. The number of hydrogen-bond donors (Lipinski definition) is 3. The van der Waals surface area contributed by atoms with Gasteiger partial charge in [0.05, 0.1) is 5.52 Å². The van der Waals surface area contributed by atoms with Crippen molar-refractivity contribution in [2.75, 3.05) is 20.1 Å². The van der Waals surface area contributed by atoms with Gasteiger partial charge in [0.1, 0.15) is 12.4 Å². The summed E-state index contributed by atoms with van der Waals surface area (Å²) in [5.41, 5.74) is 5.15. The summed E-state index contributed by atoms with van der Waals surface area (Å²) in [4.78, 5) is 31.2. The molecule has 2 heterocycles. The Morgan fingerprint density at radius 2 is 1.94 bits per heavy atom. The Kier molecular flexibility index (Phi) is 7.40. The molecule has 0 radical (unpaired) electrons. The number of hydroxylamine groups is 1. The number of amides is 2. The monoisotopic (exact) mass is 462 g/mol. The number of aromatic nitrogens is 1. The van der Waals surface area contributed by atoms with Gasteiger partial charge in [-0.2, -0.15) is 0 Å². The molecule has 0 spiro atoms. The molecule has 1 aromatic heterocycles. The van der Waals surface area contributed by atoms with Crippen molar-refractivity contribution in [3.8, 4) is 5.75 Å². The van der Waals surface area contributed by atoms with Crippen LogP contribution in [-0.4, -0.2) is 53.1 Å². The maximum Gasteiger partial charge on any atom is 0.251 e. The summed E-state index contributed by atoms with van der Waals surface area (Å²) in [5.74, 6) is 0.00280. The Morgan fingerprint density at radius 3 is 2.71 bits per heavy atom. The van der Waals surface area contributed by atoms with Crippen LogP contribution >= 0.6 is 0 Å². The molecular formula is C26H30N4O4. The lowest BCUT2D eigenvalue weighted by atomic mass is 9.88. The first-order valence-corrected chi connectivity index (χ1v) is 11.4. The number of nitrogens with one attached hydrogen (secondary N) is 2. The Balaban J connectivity index is 1.39. The second-order valence-corrected chi connectivity index (χ2v) is 8.88. The smallest absolute Gasteiger partial charge is 0.251 e. The summed E-state index contributed by atoms with van der Waals surface area (Å²) in [6.45, 7) is 3.86. The van der Waals surface area contributed by atoms with E-state index in [0.29, 0.717) is 24.5 Å². The van der Waals surface area contributed by atoms with E-state index in [1.54, 1.807) is 29.7 Å². The zero-order valence-corrected chi connectivity index (χ0v) is 19.5. The highest BCUT2D eigenvalue weighted by atomic mass is 16.5. The van der Waals surface area contributed by atoms with Gasteiger partial charge in [-0.3, -0.25) is 19.8 Å². The molecule has 0 unspecified atom stereocenters. The highest BCUT2D eigenvalue weighted by Crippen LogP contribution is 2.23. The molecule has 178 valence electrons. The highest BCUT2D eigenvalue weighted by molar-refractivity contribution is 5.94. The lowest BCUT2D eigenvalue weighted by Crippen LogP contribution is -2.52. The number of rotatable bonds is 7. The number of nitrogens with zero attached hydrogens (tertiary/aromatic N) is 2. The Bertz CT molecular complexity index is 1170. The van der Waals surface area contributed by atoms with Gasteiger partial charge < -0.3 is 15.0 Å². The summed E-state index contributed by atoms with van der Waals surface area (Å²) in [6.07, 6.45) is 0.941. The van der Waals surface area contributed by atoms with Crippen LogP contribution in [0.1, 0.15) is 34.5 Å². The number of aryl methyl sites for hydroxylation is 1. The van der Waals surface area contributed by atoms with Crippen LogP contribution in [0, 0.1) is 12.8 Å². The molecule has 34 heavy (non-hydrogen) atoms. The second kappa shape index (κ2) is 10.6. The van der Waals surface area contributed by atoms with Gasteiger partial charge in [-0.05, 0) is 69.3 Å². The lowest BCUT2D eigenvalue weighted by Gasteiger charge is -2.36. The number of pyridine rings is 1. The molecule has 8 heteroatoms.